The van der Waals surface area contributed by atoms with E-state index in [4.69, 9.17) is 0 Å². The van der Waals surface area contributed by atoms with Crippen LogP contribution in [0.3, 0.4) is 0 Å². The molecule has 0 fully saturated rings. The standard InChI is InChI=1S/C33H30F4N6O3/c1-18-16-42(28-9-8-24(34)14-26(18)28)25-11-20(10-23(13-25)33(35,36)37)17-43-29(21-6-5-7-22(12-21)31(45)39-4)40-15-27(32(43)46)41-30(44)19(2)38-3/h5-16,19,38H,17H2,1-4H3,(H,39,45)(H,41,44)/t19-/m0/s1. The molecule has 0 aliphatic carbocycles. The Bertz CT molecular complexity index is 2030. The summed E-state index contributed by atoms with van der Waals surface area (Å²) in [6, 6.07) is 13.1. The fourth-order valence-electron chi connectivity index (χ4n) is 5.10. The number of rotatable bonds is 8. The van der Waals surface area contributed by atoms with Crippen LogP contribution in [0.4, 0.5) is 23.2 Å². The fourth-order valence-corrected chi connectivity index (χ4v) is 5.10. The fraction of sp³-hybridized carbons (Fsp3) is 0.212. The first kappa shape index (κ1) is 32.1. The molecule has 13 heteroatoms. The van der Waals surface area contributed by atoms with E-state index in [0.29, 0.717) is 22.0 Å². The Morgan fingerprint density at radius 3 is 2.48 bits per heavy atom. The zero-order valence-corrected chi connectivity index (χ0v) is 25.3. The van der Waals surface area contributed by atoms with Crippen molar-refractivity contribution in [2.24, 2.45) is 0 Å². The number of carbonyl (C=O) groups is 2. The average Bonchev–Trinajstić information content (AvgIpc) is 3.36. The molecule has 2 aromatic heterocycles. The highest BCUT2D eigenvalue weighted by Crippen LogP contribution is 2.34. The maximum Gasteiger partial charge on any atom is 0.416 e. The lowest BCUT2D eigenvalue weighted by atomic mass is 10.1. The number of nitrogens with zero attached hydrogens (tertiary/aromatic N) is 3. The van der Waals surface area contributed by atoms with Crippen LogP contribution in [-0.2, 0) is 17.5 Å². The van der Waals surface area contributed by atoms with Gasteiger partial charge >= 0.3 is 6.18 Å². The summed E-state index contributed by atoms with van der Waals surface area (Å²) < 4.78 is 59.4. The van der Waals surface area contributed by atoms with E-state index < -0.39 is 41.0 Å². The van der Waals surface area contributed by atoms with E-state index in [2.05, 4.69) is 20.9 Å². The van der Waals surface area contributed by atoms with Gasteiger partial charge in [0.25, 0.3) is 11.5 Å². The minimum atomic E-state index is -4.73. The van der Waals surface area contributed by atoms with Gasteiger partial charge in [0, 0.05) is 35.4 Å². The minimum absolute atomic E-state index is 0.0621. The molecule has 5 aromatic rings. The third-order valence-corrected chi connectivity index (χ3v) is 7.63. The second-order valence-electron chi connectivity index (χ2n) is 10.8. The van der Waals surface area contributed by atoms with Crippen molar-refractivity contribution in [2.45, 2.75) is 32.6 Å². The number of hydrogen-bond donors (Lipinski definition) is 3. The van der Waals surface area contributed by atoms with Crippen molar-refractivity contribution in [3.05, 3.63) is 111 Å². The van der Waals surface area contributed by atoms with Crippen molar-refractivity contribution in [3.8, 4) is 17.1 Å². The van der Waals surface area contributed by atoms with Crippen molar-refractivity contribution in [1.29, 1.82) is 0 Å². The number of alkyl halides is 3. The van der Waals surface area contributed by atoms with Gasteiger partial charge in [-0.2, -0.15) is 13.2 Å². The summed E-state index contributed by atoms with van der Waals surface area (Å²) >= 11 is 0. The van der Waals surface area contributed by atoms with E-state index in [1.165, 1.54) is 48.1 Å². The molecule has 0 bridgehead atoms. The van der Waals surface area contributed by atoms with Crippen LogP contribution in [0, 0.1) is 12.7 Å². The van der Waals surface area contributed by atoms with E-state index in [1.807, 2.05) is 0 Å². The summed E-state index contributed by atoms with van der Waals surface area (Å²) in [6.07, 6.45) is -1.94. The third-order valence-electron chi connectivity index (χ3n) is 7.63. The van der Waals surface area contributed by atoms with Crippen molar-refractivity contribution in [1.82, 2.24) is 24.8 Å². The van der Waals surface area contributed by atoms with Gasteiger partial charge in [-0.05, 0) is 80.6 Å². The molecule has 9 nitrogen and oxygen atoms in total. The zero-order valence-electron chi connectivity index (χ0n) is 25.3. The molecule has 2 heterocycles. The zero-order chi connectivity index (χ0) is 33.3. The maximum atomic E-state index is 14.2. The summed E-state index contributed by atoms with van der Waals surface area (Å²) in [5.41, 5.74) is 0.164. The molecular weight excluding hydrogens is 604 g/mol. The Morgan fingerprint density at radius 2 is 1.78 bits per heavy atom. The lowest BCUT2D eigenvalue weighted by Gasteiger charge is -2.18. The number of fused-ring (bicyclic) bond motifs is 1. The monoisotopic (exact) mass is 634 g/mol. The Kier molecular flexibility index (Phi) is 8.79. The molecule has 3 aromatic carbocycles. The van der Waals surface area contributed by atoms with Crippen molar-refractivity contribution >= 4 is 28.4 Å². The van der Waals surface area contributed by atoms with Gasteiger partial charge in [0.2, 0.25) is 5.91 Å². The van der Waals surface area contributed by atoms with E-state index in [-0.39, 0.29) is 34.9 Å². The van der Waals surface area contributed by atoms with Crippen LogP contribution in [0.15, 0.2) is 77.9 Å². The molecule has 0 aliphatic heterocycles. The summed E-state index contributed by atoms with van der Waals surface area (Å²) in [4.78, 5) is 43.2. The van der Waals surface area contributed by atoms with E-state index >= 15 is 0 Å². The van der Waals surface area contributed by atoms with Crippen LogP contribution in [0.2, 0.25) is 0 Å². The summed E-state index contributed by atoms with van der Waals surface area (Å²) in [6.45, 7) is 2.94. The molecule has 0 spiro atoms. The van der Waals surface area contributed by atoms with Gasteiger partial charge in [-0.3, -0.25) is 19.0 Å². The summed E-state index contributed by atoms with van der Waals surface area (Å²) in [7, 11) is 3.03. The number of benzene rings is 3. The highest BCUT2D eigenvalue weighted by Gasteiger charge is 2.32. The van der Waals surface area contributed by atoms with Crippen LogP contribution < -0.4 is 21.5 Å². The Labute approximate surface area is 260 Å². The van der Waals surface area contributed by atoms with Crippen LogP contribution in [-0.4, -0.2) is 46.1 Å². The largest absolute Gasteiger partial charge is 0.416 e. The number of anilines is 1. The van der Waals surface area contributed by atoms with Crippen molar-refractivity contribution in [3.63, 3.8) is 0 Å². The predicted molar refractivity (Wildman–Crippen MR) is 167 cm³/mol. The molecule has 2 amide bonds. The molecular formula is C33H30F4N6O3. The van der Waals surface area contributed by atoms with Gasteiger partial charge in [-0.25, -0.2) is 9.37 Å². The quantitative estimate of drug-likeness (QED) is 0.202. The second-order valence-corrected chi connectivity index (χ2v) is 10.8. The lowest BCUT2D eigenvalue weighted by Crippen LogP contribution is -2.38. The summed E-state index contributed by atoms with van der Waals surface area (Å²) in [5, 5.41) is 8.36. The van der Waals surface area contributed by atoms with Gasteiger partial charge in [0.15, 0.2) is 0 Å². The van der Waals surface area contributed by atoms with E-state index in [9.17, 15) is 31.9 Å². The van der Waals surface area contributed by atoms with Gasteiger partial charge in [-0.15, -0.1) is 0 Å². The molecule has 46 heavy (non-hydrogen) atoms. The molecule has 0 saturated carbocycles. The SMILES string of the molecule is CNC(=O)c1cccc(-c2ncc(NC(=O)[C@H](C)NC)c(=O)n2Cc2cc(-n3cc(C)c4cc(F)ccc43)cc(C(F)(F)F)c2)c1. The third kappa shape index (κ3) is 6.40. The molecule has 1 atom stereocenters. The van der Waals surface area contributed by atoms with Gasteiger partial charge in [-0.1, -0.05) is 12.1 Å². The first-order chi connectivity index (χ1) is 21.8. The first-order valence-corrected chi connectivity index (χ1v) is 14.2. The molecule has 5 rings (SSSR count). The number of likely N-dealkylation sites (N-methyl/N-ethyl adjacent to an activating group) is 1. The molecule has 0 aliphatic rings. The molecule has 0 unspecified atom stereocenters. The Balaban J connectivity index is 1.70. The minimum Gasteiger partial charge on any atom is -0.355 e. The highest BCUT2D eigenvalue weighted by molar-refractivity contribution is 5.95. The number of halogens is 4. The molecule has 0 saturated heterocycles. The number of nitrogens with one attached hydrogen (secondary N) is 3. The first-order valence-electron chi connectivity index (χ1n) is 14.2. The predicted octanol–water partition coefficient (Wildman–Crippen LogP) is 5.27. The number of aromatic nitrogens is 3. The van der Waals surface area contributed by atoms with Crippen LogP contribution in [0.1, 0.15) is 34.0 Å². The topological polar surface area (TPSA) is 110 Å². The van der Waals surface area contributed by atoms with Crippen molar-refractivity contribution in [2.75, 3.05) is 19.4 Å². The average molecular weight is 635 g/mol. The summed E-state index contributed by atoms with van der Waals surface area (Å²) in [5.74, 6) is -1.33. The molecule has 0 radical (unpaired) electrons. The smallest absolute Gasteiger partial charge is 0.355 e. The number of aryl methyl sites for hydroxylation is 1. The second kappa shape index (κ2) is 12.6. The van der Waals surface area contributed by atoms with E-state index in [1.54, 1.807) is 45.3 Å². The van der Waals surface area contributed by atoms with Crippen LogP contribution >= 0.6 is 0 Å². The van der Waals surface area contributed by atoms with Gasteiger partial charge in [0.1, 0.15) is 17.3 Å². The van der Waals surface area contributed by atoms with Crippen molar-refractivity contribution < 1.29 is 27.2 Å². The van der Waals surface area contributed by atoms with Crippen LogP contribution in [0.25, 0.3) is 28.0 Å². The lowest BCUT2D eigenvalue weighted by molar-refractivity contribution is -0.137. The van der Waals surface area contributed by atoms with E-state index in [0.717, 1.165) is 16.7 Å². The highest BCUT2D eigenvalue weighted by atomic mass is 19.4. The van der Waals surface area contributed by atoms with Crippen LogP contribution in [0.5, 0.6) is 0 Å². The molecule has 3 N–H and O–H groups in total. The van der Waals surface area contributed by atoms with Gasteiger partial charge < -0.3 is 20.5 Å². The number of carbonyl (C=O) groups excluding carboxylic acids is 2. The normalized spacial score (nSPS) is 12.3. The number of hydrogen-bond acceptors (Lipinski definition) is 5. The maximum absolute atomic E-state index is 14.2. The van der Waals surface area contributed by atoms with Gasteiger partial charge in [0.05, 0.1) is 29.9 Å². The number of amides is 2. The Hall–Kier alpha value is -5.30. The molecule has 238 valence electrons. The Morgan fingerprint density at radius 1 is 1.02 bits per heavy atom.